The van der Waals surface area contributed by atoms with Gasteiger partial charge in [-0.2, -0.15) is 0 Å². The molecule has 3 unspecified atom stereocenters. The molecule has 0 aliphatic heterocycles. The standard InChI is InChI=1S/3C15H23.Cr/c3*1-12(2)11-14(15(3,4)5)13-9-7-6-8-10-13;/h3*6-10,12H,11H2,1-5H3;. The van der Waals surface area contributed by atoms with Crippen molar-refractivity contribution < 1.29 is 14.1 Å². The van der Waals surface area contributed by atoms with Crippen LogP contribution in [-0.2, 0) is 27.0 Å². The summed E-state index contributed by atoms with van der Waals surface area (Å²) < 4.78 is -0.130. The van der Waals surface area contributed by atoms with Gasteiger partial charge < -0.3 is 0 Å². The summed E-state index contributed by atoms with van der Waals surface area (Å²) >= 11 is -1.96. The Hall–Kier alpha value is -1.81. The van der Waals surface area contributed by atoms with Crippen LogP contribution in [0.25, 0.3) is 0 Å². The van der Waals surface area contributed by atoms with E-state index in [1.165, 1.54) is 19.3 Å². The van der Waals surface area contributed by atoms with Gasteiger partial charge in [0.1, 0.15) is 0 Å². The van der Waals surface area contributed by atoms with Gasteiger partial charge in [0.2, 0.25) is 0 Å². The fraction of sp³-hybridized carbons (Fsp3) is 0.600. The first-order valence-electron chi connectivity index (χ1n) is 18.1. The Morgan fingerprint density at radius 2 is 0.565 bits per heavy atom. The van der Waals surface area contributed by atoms with Gasteiger partial charge in [-0.3, -0.25) is 0 Å². The van der Waals surface area contributed by atoms with Crippen LogP contribution in [0.4, 0.5) is 0 Å². The van der Waals surface area contributed by atoms with Gasteiger partial charge in [-0.1, -0.05) is 0 Å². The first kappa shape index (κ1) is 38.6. The monoisotopic (exact) mass is 661 g/mol. The molecule has 0 fully saturated rings. The zero-order valence-electron chi connectivity index (χ0n) is 32.4. The van der Waals surface area contributed by atoms with E-state index in [4.69, 9.17) is 0 Å². The van der Waals surface area contributed by atoms with E-state index in [1.54, 1.807) is 16.7 Å². The quantitative estimate of drug-likeness (QED) is 0.181. The van der Waals surface area contributed by atoms with E-state index in [1.807, 2.05) is 0 Å². The maximum atomic E-state index is 2.60. The Morgan fingerprint density at radius 1 is 0.370 bits per heavy atom. The molecule has 0 saturated carbocycles. The van der Waals surface area contributed by atoms with Gasteiger partial charge in [-0.15, -0.1) is 0 Å². The van der Waals surface area contributed by atoms with Crippen molar-refractivity contribution in [2.75, 3.05) is 0 Å². The molecule has 0 spiro atoms. The van der Waals surface area contributed by atoms with Gasteiger partial charge in [0, 0.05) is 0 Å². The number of benzene rings is 3. The van der Waals surface area contributed by atoms with Crippen LogP contribution >= 0.6 is 0 Å². The molecule has 46 heavy (non-hydrogen) atoms. The summed E-state index contributed by atoms with van der Waals surface area (Å²) in [5, 5.41) is 0. The van der Waals surface area contributed by atoms with E-state index in [0.717, 1.165) is 0 Å². The summed E-state index contributed by atoms with van der Waals surface area (Å²) in [6.45, 7) is 38.3. The minimum absolute atomic E-state index is 0.00775. The van der Waals surface area contributed by atoms with E-state index in [-0.39, 0.29) is 29.1 Å². The molecule has 0 aliphatic carbocycles. The van der Waals surface area contributed by atoms with Gasteiger partial charge in [0.05, 0.1) is 0 Å². The predicted molar refractivity (Wildman–Crippen MR) is 201 cm³/mol. The summed E-state index contributed by atoms with van der Waals surface area (Å²) in [6, 6.07) is 35.8. The van der Waals surface area contributed by atoms with Gasteiger partial charge in [-0.25, -0.2) is 0 Å². The molecule has 3 aromatic rings. The Kier molecular flexibility index (Phi) is 12.1. The van der Waals surface area contributed by atoms with Crippen LogP contribution in [0.1, 0.15) is 140 Å². The molecule has 3 aromatic carbocycles. The molecule has 3 atom stereocenters. The minimum atomic E-state index is -1.96. The summed E-state index contributed by atoms with van der Waals surface area (Å²) in [4.78, 5) is 0. The van der Waals surface area contributed by atoms with Crippen molar-refractivity contribution >= 4 is 0 Å². The van der Waals surface area contributed by atoms with Crippen molar-refractivity contribution in [2.45, 2.75) is 136 Å². The predicted octanol–water partition coefficient (Wildman–Crippen LogP) is 13.6. The summed E-state index contributed by atoms with van der Waals surface area (Å²) in [5.74, 6) is 1.64. The van der Waals surface area contributed by atoms with Gasteiger partial charge in [0.25, 0.3) is 0 Å². The summed E-state index contributed by atoms with van der Waals surface area (Å²) in [5.41, 5.74) is 4.70. The molecule has 0 saturated heterocycles. The first-order chi connectivity index (χ1) is 21.2. The van der Waals surface area contributed by atoms with Gasteiger partial charge in [-0.05, 0) is 0 Å². The molecule has 1 heteroatoms. The van der Waals surface area contributed by atoms with E-state index >= 15 is 0 Å². The van der Waals surface area contributed by atoms with Crippen LogP contribution in [0.15, 0.2) is 91.0 Å². The summed E-state index contributed by atoms with van der Waals surface area (Å²) in [6.07, 6.45) is 3.53. The van der Waals surface area contributed by atoms with Crippen molar-refractivity contribution in [1.29, 1.82) is 0 Å². The molecule has 0 aliphatic rings. The fourth-order valence-corrected chi connectivity index (χ4v) is 18.6. The Balaban J connectivity index is 2.93. The molecule has 0 amide bonds. The van der Waals surface area contributed by atoms with Crippen molar-refractivity contribution in [3.05, 3.63) is 108 Å². The number of hydrogen-bond donors (Lipinski definition) is 0. The molecular formula is C45H69Cr. The van der Waals surface area contributed by atoms with E-state index in [2.05, 4.69) is 195 Å². The maximum absolute atomic E-state index is 2.60. The molecule has 0 aromatic heterocycles. The van der Waals surface area contributed by atoms with Crippen LogP contribution in [0, 0.1) is 34.0 Å². The molecule has 0 heterocycles. The molecule has 255 valence electrons. The molecule has 3 rings (SSSR count). The van der Waals surface area contributed by atoms with E-state index < -0.39 is 14.1 Å². The number of hydrogen-bond acceptors (Lipinski definition) is 0. The average molecular weight is 662 g/mol. The van der Waals surface area contributed by atoms with Crippen LogP contribution < -0.4 is 0 Å². The van der Waals surface area contributed by atoms with Crippen molar-refractivity contribution in [1.82, 2.24) is 0 Å². The molecule has 0 nitrogen and oxygen atoms in total. The first-order valence-corrected chi connectivity index (χ1v) is 20.0. The Bertz CT molecular complexity index is 1160. The van der Waals surface area contributed by atoms with Crippen LogP contribution in [-0.4, -0.2) is 0 Å². The second kappa shape index (κ2) is 14.4. The zero-order chi connectivity index (χ0) is 34.8. The van der Waals surface area contributed by atoms with Gasteiger partial charge in [0.15, 0.2) is 0 Å². The SMILES string of the molecule is CC(C)C[C](c1ccccc1)([Cr]([C](CC(C)C)(c1ccccc1)C(C)(C)C)[C](CC(C)C)(c1ccccc1)C(C)(C)C)C(C)(C)C. The third-order valence-electron chi connectivity index (χ3n) is 10.5. The molecular weight excluding hydrogens is 592 g/mol. The third kappa shape index (κ3) is 7.13. The molecule has 0 bridgehead atoms. The van der Waals surface area contributed by atoms with E-state index in [9.17, 15) is 0 Å². The average Bonchev–Trinajstić information content (AvgIpc) is 2.94. The van der Waals surface area contributed by atoms with Crippen molar-refractivity contribution in [3.8, 4) is 0 Å². The molecule has 0 N–H and O–H groups in total. The van der Waals surface area contributed by atoms with Crippen molar-refractivity contribution in [2.24, 2.45) is 34.0 Å². The fourth-order valence-electron chi connectivity index (χ4n) is 8.83. The third-order valence-corrected chi connectivity index (χ3v) is 18.5. The van der Waals surface area contributed by atoms with Gasteiger partial charge >= 0.3 is 292 Å². The molecule has 0 radical (unpaired) electrons. The Labute approximate surface area is 290 Å². The van der Waals surface area contributed by atoms with Crippen LogP contribution in [0.2, 0.25) is 0 Å². The second-order valence-corrected chi connectivity index (χ2v) is 22.7. The summed E-state index contributed by atoms with van der Waals surface area (Å²) in [7, 11) is 0. The second-order valence-electron chi connectivity index (χ2n) is 18.4. The van der Waals surface area contributed by atoms with Crippen LogP contribution in [0.3, 0.4) is 0 Å². The topological polar surface area (TPSA) is 0 Å². The van der Waals surface area contributed by atoms with Crippen molar-refractivity contribution in [3.63, 3.8) is 0 Å². The zero-order valence-corrected chi connectivity index (χ0v) is 33.7. The number of rotatable bonds is 12. The van der Waals surface area contributed by atoms with E-state index in [0.29, 0.717) is 17.8 Å². The van der Waals surface area contributed by atoms with Crippen LogP contribution in [0.5, 0.6) is 0 Å². The Morgan fingerprint density at radius 3 is 0.717 bits per heavy atom. The normalized spacial score (nSPS) is 17.3.